The summed E-state index contributed by atoms with van der Waals surface area (Å²) in [7, 11) is 1.69. The second-order valence-corrected chi connectivity index (χ2v) is 4.06. The molecule has 1 aliphatic heterocycles. The van der Waals surface area contributed by atoms with Crippen LogP contribution in [-0.2, 0) is 11.3 Å². The minimum absolute atomic E-state index is 0.0212. The summed E-state index contributed by atoms with van der Waals surface area (Å²) in [6.45, 7) is 0.834. The molecular weight excluding hydrogens is 222 g/mol. The highest BCUT2D eigenvalue weighted by Gasteiger charge is 2.30. The maximum atomic E-state index is 11.5. The number of amides is 1. The number of thiocarbonyl (C=S) groups is 1. The lowest BCUT2D eigenvalue weighted by atomic mass is 10.2. The quantitative estimate of drug-likeness (QED) is 0.767. The van der Waals surface area contributed by atoms with Crippen LogP contribution in [0.1, 0.15) is 5.56 Å². The average molecular weight is 235 g/mol. The Morgan fingerprint density at radius 1 is 1.38 bits per heavy atom. The van der Waals surface area contributed by atoms with Gasteiger partial charge < -0.3 is 10.6 Å². The summed E-state index contributed by atoms with van der Waals surface area (Å²) < 4.78 is 0. The fourth-order valence-corrected chi connectivity index (χ4v) is 1.88. The summed E-state index contributed by atoms with van der Waals surface area (Å²) in [6.07, 6.45) is 0. The lowest BCUT2D eigenvalue weighted by molar-refractivity contribution is -0.123. The molecule has 0 saturated carbocycles. The summed E-state index contributed by atoms with van der Waals surface area (Å²) in [5.74, 6) is 0.0212. The molecule has 0 aromatic heterocycles. The van der Waals surface area contributed by atoms with E-state index in [1.807, 2.05) is 29.2 Å². The molecule has 16 heavy (non-hydrogen) atoms. The van der Waals surface area contributed by atoms with Crippen molar-refractivity contribution in [2.75, 3.05) is 18.5 Å². The number of benzene rings is 1. The van der Waals surface area contributed by atoms with E-state index in [2.05, 4.69) is 0 Å². The summed E-state index contributed by atoms with van der Waals surface area (Å²) in [5, 5.41) is 0.547. The molecule has 0 radical (unpaired) electrons. The minimum Gasteiger partial charge on any atom is -0.326 e. The zero-order chi connectivity index (χ0) is 11.7. The first-order valence-corrected chi connectivity index (χ1v) is 5.41. The van der Waals surface area contributed by atoms with Crippen molar-refractivity contribution in [3.63, 3.8) is 0 Å². The van der Waals surface area contributed by atoms with Gasteiger partial charge in [-0.15, -0.1) is 0 Å². The van der Waals surface area contributed by atoms with E-state index in [9.17, 15) is 4.79 Å². The van der Waals surface area contributed by atoms with Crippen LogP contribution < -0.4 is 10.6 Å². The second kappa shape index (κ2) is 4.19. The smallest absolute Gasteiger partial charge is 0.248 e. The summed E-state index contributed by atoms with van der Waals surface area (Å²) in [5.41, 5.74) is 7.52. The van der Waals surface area contributed by atoms with Gasteiger partial charge in [0.1, 0.15) is 6.54 Å². The number of hydrogen-bond acceptors (Lipinski definition) is 3. The number of rotatable bonds is 2. The molecule has 1 aromatic carbocycles. The maximum Gasteiger partial charge on any atom is 0.248 e. The molecule has 1 aliphatic rings. The topological polar surface area (TPSA) is 49.6 Å². The number of nitrogens with zero attached hydrogens (tertiary/aromatic N) is 2. The SMILES string of the molecule is CN1C(=O)CN(c2ccc(CN)cc2)C1=S. The summed E-state index contributed by atoms with van der Waals surface area (Å²) >= 11 is 5.19. The number of likely N-dealkylation sites (N-methyl/N-ethyl adjacent to an activating group) is 1. The van der Waals surface area contributed by atoms with Gasteiger partial charge in [-0.25, -0.2) is 0 Å². The molecule has 5 heteroatoms. The van der Waals surface area contributed by atoms with E-state index in [0.717, 1.165) is 11.3 Å². The van der Waals surface area contributed by atoms with Gasteiger partial charge in [-0.3, -0.25) is 9.69 Å². The zero-order valence-electron chi connectivity index (χ0n) is 9.01. The minimum atomic E-state index is 0.0212. The Hall–Kier alpha value is -1.46. The maximum absolute atomic E-state index is 11.5. The van der Waals surface area contributed by atoms with Crippen LogP contribution in [0.15, 0.2) is 24.3 Å². The molecule has 0 atom stereocenters. The van der Waals surface area contributed by atoms with Crippen molar-refractivity contribution in [3.8, 4) is 0 Å². The van der Waals surface area contributed by atoms with Crippen molar-refractivity contribution in [2.45, 2.75) is 6.54 Å². The van der Waals surface area contributed by atoms with Crippen LogP contribution in [0.25, 0.3) is 0 Å². The largest absolute Gasteiger partial charge is 0.326 e. The first-order valence-electron chi connectivity index (χ1n) is 5.00. The molecule has 0 aliphatic carbocycles. The Morgan fingerprint density at radius 2 is 2.00 bits per heavy atom. The predicted molar refractivity (Wildman–Crippen MR) is 67.0 cm³/mol. The fourth-order valence-electron chi connectivity index (χ4n) is 1.61. The summed E-state index contributed by atoms with van der Waals surface area (Å²) in [6, 6.07) is 7.75. The predicted octanol–water partition coefficient (Wildman–Crippen LogP) is 0.709. The molecule has 1 aromatic rings. The van der Waals surface area contributed by atoms with Crippen molar-refractivity contribution in [3.05, 3.63) is 29.8 Å². The van der Waals surface area contributed by atoms with Crippen LogP contribution in [0.4, 0.5) is 5.69 Å². The van der Waals surface area contributed by atoms with Gasteiger partial charge in [-0.2, -0.15) is 0 Å². The van der Waals surface area contributed by atoms with Crippen molar-refractivity contribution < 1.29 is 4.79 Å². The van der Waals surface area contributed by atoms with Crippen LogP contribution in [0.5, 0.6) is 0 Å². The molecule has 1 saturated heterocycles. The Kier molecular flexibility index (Phi) is 2.89. The first-order chi connectivity index (χ1) is 7.63. The lowest BCUT2D eigenvalue weighted by Crippen LogP contribution is -2.29. The molecule has 0 spiro atoms. The van der Waals surface area contributed by atoms with Crippen LogP contribution in [0, 0.1) is 0 Å². The average Bonchev–Trinajstić information content (AvgIpc) is 2.57. The van der Waals surface area contributed by atoms with Crippen molar-refractivity contribution in [1.82, 2.24) is 4.90 Å². The lowest BCUT2D eigenvalue weighted by Gasteiger charge is -2.17. The molecule has 84 valence electrons. The van der Waals surface area contributed by atoms with Gasteiger partial charge in [0.2, 0.25) is 5.91 Å². The van der Waals surface area contributed by atoms with Gasteiger partial charge in [-0.1, -0.05) is 12.1 Å². The Balaban J connectivity index is 2.25. The van der Waals surface area contributed by atoms with E-state index in [4.69, 9.17) is 18.0 Å². The van der Waals surface area contributed by atoms with Crippen LogP contribution in [0.3, 0.4) is 0 Å². The molecule has 0 bridgehead atoms. The first kappa shape index (κ1) is 11.0. The van der Waals surface area contributed by atoms with E-state index in [1.54, 1.807) is 7.05 Å². The fraction of sp³-hybridized carbons (Fsp3) is 0.273. The highest BCUT2D eigenvalue weighted by Crippen LogP contribution is 2.20. The molecule has 2 N–H and O–H groups in total. The number of nitrogens with two attached hydrogens (primary N) is 1. The van der Waals surface area contributed by atoms with Crippen LogP contribution >= 0.6 is 12.2 Å². The Morgan fingerprint density at radius 3 is 2.44 bits per heavy atom. The third-order valence-corrected chi connectivity index (χ3v) is 3.16. The number of hydrogen-bond donors (Lipinski definition) is 1. The molecular formula is C11H13N3OS. The van der Waals surface area contributed by atoms with Gasteiger partial charge >= 0.3 is 0 Å². The molecule has 1 fully saturated rings. The van der Waals surface area contributed by atoms with Gasteiger partial charge in [0.25, 0.3) is 0 Å². The van der Waals surface area contributed by atoms with Gasteiger partial charge in [0.15, 0.2) is 5.11 Å². The Labute approximate surface area is 99.6 Å². The molecule has 4 nitrogen and oxygen atoms in total. The van der Waals surface area contributed by atoms with Crippen molar-refractivity contribution >= 4 is 28.9 Å². The third-order valence-electron chi connectivity index (χ3n) is 2.67. The molecule has 1 heterocycles. The number of carbonyl (C=O) groups is 1. The van der Waals surface area contributed by atoms with Crippen molar-refractivity contribution in [1.29, 1.82) is 0 Å². The molecule has 2 rings (SSSR count). The number of carbonyl (C=O) groups excluding carboxylic acids is 1. The highest BCUT2D eigenvalue weighted by molar-refractivity contribution is 7.80. The van der Waals surface area contributed by atoms with Gasteiger partial charge in [0.05, 0.1) is 0 Å². The summed E-state index contributed by atoms with van der Waals surface area (Å²) in [4.78, 5) is 14.8. The highest BCUT2D eigenvalue weighted by atomic mass is 32.1. The third kappa shape index (κ3) is 1.79. The molecule has 0 unspecified atom stereocenters. The van der Waals surface area contributed by atoms with Crippen LogP contribution in [-0.4, -0.2) is 29.5 Å². The second-order valence-electron chi connectivity index (χ2n) is 3.69. The van der Waals surface area contributed by atoms with E-state index in [1.165, 1.54) is 4.90 Å². The number of anilines is 1. The monoisotopic (exact) mass is 235 g/mol. The van der Waals surface area contributed by atoms with Crippen LogP contribution in [0.2, 0.25) is 0 Å². The van der Waals surface area contributed by atoms with E-state index >= 15 is 0 Å². The van der Waals surface area contributed by atoms with E-state index in [-0.39, 0.29) is 5.91 Å². The Bertz CT molecular complexity index is 429. The molecule has 1 amide bonds. The van der Waals surface area contributed by atoms with Gasteiger partial charge in [0, 0.05) is 19.3 Å². The van der Waals surface area contributed by atoms with Gasteiger partial charge in [-0.05, 0) is 29.9 Å². The standard InChI is InChI=1S/C11H13N3OS/c1-13-10(15)7-14(11(13)16)9-4-2-8(6-12)3-5-9/h2-5H,6-7,12H2,1H3. The van der Waals surface area contributed by atoms with E-state index < -0.39 is 0 Å². The van der Waals surface area contributed by atoms with Crippen molar-refractivity contribution in [2.24, 2.45) is 5.73 Å². The normalized spacial score (nSPS) is 16.1. The van der Waals surface area contributed by atoms with E-state index in [0.29, 0.717) is 18.2 Å². The zero-order valence-corrected chi connectivity index (χ0v) is 9.83.